The van der Waals surface area contributed by atoms with E-state index < -0.39 is 0 Å². The van der Waals surface area contributed by atoms with Gasteiger partial charge in [-0.3, -0.25) is 9.89 Å². The van der Waals surface area contributed by atoms with Crippen LogP contribution in [0.15, 0.2) is 72.9 Å². The number of rotatable bonds is 6. The topological polar surface area (TPSA) is 67.0 Å². The number of methoxy groups -OCH3 is 1. The van der Waals surface area contributed by atoms with E-state index in [9.17, 15) is 4.79 Å². The maximum absolute atomic E-state index is 12.6. The number of benzene rings is 3. The summed E-state index contributed by atoms with van der Waals surface area (Å²) in [6.07, 6.45) is 2.84. The number of amides is 1. The first kappa shape index (κ1) is 19.3. The van der Waals surface area contributed by atoms with E-state index in [0.29, 0.717) is 12.8 Å². The van der Waals surface area contributed by atoms with Gasteiger partial charge in [0, 0.05) is 32.6 Å². The molecule has 0 unspecified atom stereocenters. The number of carbonyl (C=O) groups excluding carboxylic acids is 1. The molecule has 0 spiro atoms. The molecule has 0 saturated heterocycles. The summed E-state index contributed by atoms with van der Waals surface area (Å²) in [7, 11) is 1.64. The summed E-state index contributed by atoms with van der Waals surface area (Å²) in [6, 6.07) is 22.3. The minimum atomic E-state index is -0.0204. The van der Waals surface area contributed by atoms with E-state index in [1.165, 1.54) is 10.1 Å². The summed E-state index contributed by atoms with van der Waals surface area (Å²) < 4.78 is 6.49. The minimum Gasteiger partial charge on any atom is -0.497 e. The normalized spacial score (nSPS) is 11.1. The van der Waals surface area contributed by atoms with E-state index in [1.54, 1.807) is 24.6 Å². The van der Waals surface area contributed by atoms with Crippen LogP contribution in [0.3, 0.4) is 0 Å². The van der Waals surface area contributed by atoms with Gasteiger partial charge in [-0.2, -0.15) is 5.10 Å². The average molecular weight is 428 g/mol. The Balaban J connectivity index is 1.39. The van der Waals surface area contributed by atoms with Gasteiger partial charge in [-0.25, -0.2) is 0 Å². The molecule has 2 aromatic heterocycles. The van der Waals surface area contributed by atoms with Crippen molar-refractivity contribution in [3.8, 4) is 16.2 Å². The van der Waals surface area contributed by atoms with Crippen LogP contribution in [0.2, 0.25) is 0 Å². The number of aryl methyl sites for hydroxylation is 1. The maximum atomic E-state index is 12.6. The Morgan fingerprint density at radius 2 is 1.97 bits per heavy atom. The lowest BCUT2D eigenvalue weighted by Crippen LogP contribution is -2.12. The van der Waals surface area contributed by atoms with E-state index in [-0.39, 0.29) is 5.91 Å². The lowest BCUT2D eigenvalue weighted by Gasteiger charge is -2.09. The van der Waals surface area contributed by atoms with Crippen LogP contribution >= 0.6 is 11.3 Å². The third-order valence-electron chi connectivity index (χ3n) is 5.30. The number of anilines is 1. The fraction of sp³-hybridized carbons (Fsp3) is 0.120. The molecule has 0 bridgehead atoms. The van der Waals surface area contributed by atoms with Crippen molar-refractivity contribution in [2.45, 2.75) is 12.8 Å². The molecule has 5 aromatic rings. The fourth-order valence-corrected chi connectivity index (χ4v) is 4.83. The Hall–Kier alpha value is -3.64. The zero-order valence-corrected chi connectivity index (χ0v) is 17.8. The molecule has 3 aromatic carbocycles. The lowest BCUT2D eigenvalue weighted by atomic mass is 10.1. The summed E-state index contributed by atoms with van der Waals surface area (Å²) in [6.45, 7) is 0. The second kappa shape index (κ2) is 8.24. The molecule has 0 atom stereocenters. The second-order valence-electron chi connectivity index (χ2n) is 7.41. The van der Waals surface area contributed by atoms with Crippen molar-refractivity contribution in [3.63, 3.8) is 0 Å². The molecule has 0 aliphatic carbocycles. The zero-order valence-electron chi connectivity index (χ0n) is 17.0. The van der Waals surface area contributed by atoms with Crippen LogP contribution in [-0.4, -0.2) is 23.2 Å². The van der Waals surface area contributed by atoms with Gasteiger partial charge in [-0.05, 0) is 53.8 Å². The summed E-state index contributed by atoms with van der Waals surface area (Å²) in [5, 5.41) is 12.6. The lowest BCUT2D eigenvalue weighted by molar-refractivity contribution is -0.116. The van der Waals surface area contributed by atoms with Crippen molar-refractivity contribution in [1.82, 2.24) is 10.2 Å². The number of H-pyrrole nitrogens is 1. The third-order valence-corrected chi connectivity index (χ3v) is 6.45. The number of fused-ring (bicyclic) bond motifs is 2. The summed E-state index contributed by atoms with van der Waals surface area (Å²) in [5.41, 5.74) is 3.86. The number of nitrogens with zero attached hydrogens (tertiary/aromatic N) is 1. The van der Waals surface area contributed by atoms with Crippen LogP contribution < -0.4 is 10.1 Å². The molecule has 0 aliphatic rings. The quantitative estimate of drug-likeness (QED) is 0.348. The Morgan fingerprint density at radius 1 is 1.06 bits per heavy atom. The van der Waals surface area contributed by atoms with Crippen LogP contribution in [0.5, 0.6) is 5.75 Å². The van der Waals surface area contributed by atoms with Crippen LogP contribution in [0, 0.1) is 0 Å². The molecule has 0 fully saturated rings. The highest BCUT2D eigenvalue weighted by Crippen LogP contribution is 2.38. The highest BCUT2D eigenvalue weighted by atomic mass is 32.1. The molecule has 0 saturated carbocycles. The summed E-state index contributed by atoms with van der Waals surface area (Å²) in [4.78, 5) is 13.8. The second-order valence-corrected chi connectivity index (χ2v) is 8.49. The van der Waals surface area contributed by atoms with Gasteiger partial charge in [0.15, 0.2) is 0 Å². The zero-order chi connectivity index (χ0) is 21.2. The molecule has 0 radical (unpaired) electrons. The molecule has 6 heteroatoms. The van der Waals surface area contributed by atoms with Gasteiger partial charge >= 0.3 is 0 Å². The maximum Gasteiger partial charge on any atom is 0.224 e. The van der Waals surface area contributed by atoms with E-state index in [4.69, 9.17) is 4.74 Å². The first-order valence-corrected chi connectivity index (χ1v) is 10.9. The number of hydrogen-bond donors (Lipinski definition) is 2. The van der Waals surface area contributed by atoms with Crippen molar-refractivity contribution < 1.29 is 9.53 Å². The van der Waals surface area contributed by atoms with Gasteiger partial charge in [0.2, 0.25) is 5.91 Å². The van der Waals surface area contributed by atoms with E-state index in [0.717, 1.165) is 38.3 Å². The van der Waals surface area contributed by atoms with Gasteiger partial charge in [-0.1, -0.05) is 30.3 Å². The highest BCUT2D eigenvalue weighted by Gasteiger charge is 2.13. The number of nitrogens with one attached hydrogen (secondary N) is 2. The summed E-state index contributed by atoms with van der Waals surface area (Å²) >= 11 is 1.73. The average Bonchev–Trinajstić information content (AvgIpc) is 3.44. The van der Waals surface area contributed by atoms with Gasteiger partial charge in [0.25, 0.3) is 0 Å². The monoisotopic (exact) mass is 427 g/mol. The van der Waals surface area contributed by atoms with Crippen molar-refractivity contribution >= 4 is 43.9 Å². The van der Waals surface area contributed by atoms with Crippen molar-refractivity contribution in [2.75, 3.05) is 12.4 Å². The molecular weight excluding hydrogens is 406 g/mol. The van der Waals surface area contributed by atoms with Crippen LogP contribution in [0.4, 0.5) is 5.69 Å². The van der Waals surface area contributed by atoms with Crippen LogP contribution in [0.1, 0.15) is 12.0 Å². The van der Waals surface area contributed by atoms with Gasteiger partial charge < -0.3 is 10.1 Å². The number of carbonyl (C=O) groups is 1. The number of aromatic amines is 1. The first-order valence-electron chi connectivity index (χ1n) is 10.1. The molecule has 5 nitrogen and oxygen atoms in total. The van der Waals surface area contributed by atoms with Gasteiger partial charge in [0.05, 0.1) is 18.8 Å². The van der Waals surface area contributed by atoms with Gasteiger partial charge in [0.1, 0.15) is 5.75 Å². The number of ether oxygens (including phenoxy) is 1. The Bertz CT molecular complexity index is 1350. The standard InChI is InChI=1S/C25H21N3O2S/c1-30-20-7-4-5-16(11-20)9-10-24(29)27-19-12-18-15-26-28-25(18)21(14-19)23-13-17-6-2-3-8-22(17)31-23/h2-8,11-15H,9-10H2,1H3,(H,26,28)(H,27,29). The van der Waals surface area contributed by atoms with E-state index >= 15 is 0 Å². The molecule has 5 rings (SSSR count). The largest absolute Gasteiger partial charge is 0.497 e. The van der Waals surface area contributed by atoms with Crippen LogP contribution in [-0.2, 0) is 11.2 Å². The van der Waals surface area contributed by atoms with Crippen molar-refractivity contribution in [3.05, 3.63) is 78.5 Å². The molecule has 0 aliphatic heterocycles. The predicted octanol–water partition coefficient (Wildman–Crippen LogP) is 6.02. The molecule has 2 heterocycles. The Kier molecular flexibility index (Phi) is 5.14. The molecule has 1 amide bonds. The van der Waals surface area contributed by atoms with E-state index in [2.05, 4.69) is 33.7 Å². The van der Waals surface area contributed by atoms with Crippen LogP contribution in [0.25, 0.3) is 31.4 Å². The third kappa shape index (κ3) is 4.02. The molecule has 154 valence electrons. The molecule has 31 heavy (non-hydrogen) atoms. The smallest absolute Gasteiger partial charge is 0.224 e. The van der Waals surface area contributed by atoms with Crippen molar-refractivity contribution in [2.24, 2.45) is 0 Å². The van der Waals surface area contributed by atoms with E-state index in [1.807, 2.05) is 48.5 Å². The first-order chi connectivity index (χ1) is 15.2. The number of hydrogen-bond acceptors (Lipinski definition) is 4. The Morgan fingerprint density at radius 3 is 2.84 bits per heavy atom. The fourth-order valence-electron chi connectivity index (χ4n) is 3.75. The number of thiophene rings is 1. The molecule has 2 N–H and O–H groups in total. The summed E-state index contributed by atoms with van der Waals surface area (Å²) in [5.74, 6) is 0.782. The van der Waals surface area contributed by atoms with Gasteiger partial charge in [-0.15, -0.1) is 11.3 Å². The highest BCUT2D eigenvalue weighted by molar-refractivity contribution is 7.22. The Labute approximate surface area is 183 Å². The minimum absolute atomic E-state index is 0.0204. The predicted molar refractivity (Wildman–Crippen MR) is 127 cm³/mol. The molecular formula is C25H21N3O2S. The number of aromatic nitrogens is 2. The van der Waals surface area contributed by atoms with Crippen molar-refractivity contribution in [1.29, 1.82) is 0 Å². The SMILES string of the molecule is COc1cccc(CCC(=O)Nc2cc(-c3cc4ccccc4s3)c3[nH]ncc3c2)c1.